The lowest BCUT2D eigenvalue weighted by atomic mass is 10.0. The highest BCUT2D eigenvalue weighted by Crippen LogP contribution is 2.29. The molecule has 0 saturated heterocycles. The number of rotatable bonds is 3. The normalized spacial score (nSPS) is 13.6. The molecular formula is C12H20INOSi. The van der Waals surface area contributed by atoms with Crippen LogP contribution in [0.5, 0.6) is 0 Å². The Labute approximate surface area is 114 Å². The molecule has 0 unspecified atom stereocenters. The number of halogens is 1. The molecule has 16 heavy (non-hydrogen) atoms. The van der Waals surface area contributed by atoms with Crippen molar-refractivity contribution < 1.29 is 4.43 Å². The standard InChI is InChI=1S/C12H20INOSi/c1-11(2,3)16-15-12(4,5)9-6-7-10(13)14-8-9/h6-8H,16H2,1-5H3. The highest BCUT2D eigenvalue weighted by molar-refractivity contribution is 14.1. The van der Waals surface area contributed by atoms with Crippen LogP contribution >= 0.6 is 22.6 Å². The SMILES string of the molecule is CC(C)(C)[SiH2]OC(C)(C)c1ccc(I)nc1. The van der Waals surface area contributed by atoms with Crippen LogP contribution in [-0.2, 0) is 10.0 Å². The van der Waals surface area contributed by atoms with Gasteiger partial charge in [-0.25, -0.2) is 4.98 Å². The van der Waals surface area contributed by atoms with E-state index in [0.29, 0.717) is 5.04 Å². The van der Waals surface area contributed by atoms with Crippen molar-refractivity contribution in [2.75, 3.05) is 0 Å². The number of aromatic nitrogens is 1. The molecule has 0 saturated carbocycles. The molecule has 0 aliphatic carbocycles. The fraction of sp³-hybridized carbons (Fsp3) is 0.583. The van der Waals surface area contributed by atoms with E-state index in [1.807, 2.05) is 12.3 Å². The summed E-state index contributed by atoms with van der Waals surface area (Å²) in [6.07, 6.45) is 1.92. The molecule has 1 aromatic rings. The maximum atomic E-state index is 6.12. The van der Waals surface area contributed by atoms with E-state index in [1.165, 1.54) is 0 Å². The zero-order valence-electron chi connectivity index (χ0n) is 10.7. The van der Waals surface area contributed by atoms with Gasteiger partial charge in [0.05, 0.1) is 5.60 Å². The van der Waals surface area contributed by atoms with Crippen LogP contribution in [-0.4, -0.2) is 14.7 Å². The van der Waals surface area contributed by atoms with Gasteiger partial charge in [-0.1, -0.05) is 26.8 Å². The fourth-order valence-electron chi connectivity index (χ4n) is 1.21. The molecule has 0 aromatic carbocycles. The number of hydrogen-bond donors (Lipinski definition) is 0. The van der Waals surface area contributed by atoms with Gasteiger partial charge in [0.25, 0.3) is 0 Å². The van der Waals surface area contributed by atoms with E-state index in [-0.39, 0.29) is 5.60 Å². The van der Waals surface area contributed by atoms with Crippen LogP contribution < -0.4 is 0 Å². The average molecular weight is 349 g/mol. The van der Waals surface area contributed by atoms with E-state index in [2.05, 4.69) is 68.3 Å². The van der Waals surface area contributed by atoms with Crippen molar-refractivity contribution in [3.05, 3.63) is 27.6 Å². The summed E-state index contributed by atoms with van der Waals surface area (Å²) in [5.41, 5.74) is 0.946. The Morgan fingerprint density at radius 2 is 1.81 bits per heavy atom. The second-order valence-electron chi connectivity index (χ2n) is 5.73. The largest absolute Gasteiger partial charge is 0.414 e. The van der Waals surface area contributed by atoms with Crippen molar-refractivity contribution in [2.24, 2.45) is 0 Å². The third kappa shape index (κ3) is 4.51. The summed E-state index contributed by atoms with van der Waals surface area (Å²) in [4.78, 5) is 4.31. The summed E-state index contributed by atoms with van der Waals surface area (Å²) in [5, 5.41) is 0.327. The van der Waals surface area contributed by atoms with E-state index < -0.39 is 9.76 Å². The molecule has 0 spiro atoms. The van der Waals surface area contributed by atoms with Crippen molar-refractivity contribution in [3.63, 3.8) is 0 Å². The monoisotopic (exact) mass is 349 g/mol. The molecule has 0 radical (unpaired) electrons. The van der Waals surface area contributed by atoms with Crippen LogP contribution in [0.15, 0.2) is 18.3 Å². The van der Waals surface area contributed by atoms with Gasteiger partial charge in [-0.2, -0.15) is 0 Å². The van der Waals surface area contributed by atoms with Gasteiger partial charge in [0.1, 0.15) is 3.70 Å². The molecule has 1 heterocycles. The molecule has 1 rings (SSSR count). The lowest BCUT2D eigenvalue weighted by molar-refractivity contribution is 0.109. The first kappa shape index (κ1) is 14.1. The van der Waals surface area contributed by atoms with Gasteiger partial charge in [0.2, 0.25) is 0 Å². The minimum Gasteiger partial charge on any atom is -0.414 e. The van der Waals surface area contributed by atoms with Crippen LogP contribution in [0, 0.1) is 3.70 Å². The predicted octanol–water partition coefficient (Wildman–Crippen LogP) is 3.24. The number of hydrogen-bond acceptors (Lipinski definition) is 2. The summed E-state index contributed by atoms with van der Waals surface area (Å²) in [5.74, 6) is 0. The van der Waals surface area contributed by atoms with Crippen molar-refractivity contribution in [3.8, 4) is 0 Å². The van der Waals surface area contributed by atoms with Crippen LogP contribution in [0.4, 0.5) is 0 Å². The van der Waals surface area contributed by atoms with Crippen LogP contribution in [0.1, 0.15) is 40.2 Å². The van der Waals surface area contributed by atoms with Gasteiger partial charge in [-0.15, -0.1) is 0 Å². The Kier molecular flexibility index (Phi) is 4.54. The van der Waals surface area contributed by atoms with Crippen molar-refractivity contribution in [2.45, 2.75) is 45.3 Å². The minimum absolute atomic E-state index is 0.211. The lowest BCUT2D eigenvalue weighted by Crippen LogP contribution is -2.27. The van der Waals surface area contributed by atoms with E-state index in [4.69, 9.17) is 4.43 Å². The highest BCUT2D eigenvalue weighted by atomic mass is 127. The summed E-state index contributed by atoms with van der Waals surface area (Å²) in [6, 6.07) is 4.13. The minimum atomic E-state index is -0.538. The maximum absolute atomic E-state index is 6.12. The fourth-order valence-corrected chi connectivity index (χ4v) is 2.49. The quantitative estimate of drug-likeness (QED) is 0.475. The topological polar surface area (TPSA) is 22.1 Å². The van der Waals surface area contributed by atoms with E-state index in [0.717, 1.165) is 9.26 Å². The van der Waals surface area contributed by atoms with Gasteiger partial charge < -0.3 is 4.43 Å². The van der Waals surface area contributed by atoms with Gasteiger partial charge in [0.15, 0.2) is 9.76 Å². The Morgan fingerprint density at radius 3 is 2.25 bits per heavy atom. The molecule has 90 valence electrons. The van der Waals surface area contributed by atoms with Crippen molar-refractivity contribution >= 4 is 32.4 Å². The van der Waals surface area contributed by atoms with Crippen LogP contribution in [0.3, 0.4) is 0 Å². The van der Waals surface area contributed by atoms with Gasteiger partial charge >= 0.3 is 0 Å². The Bertz CT molecular complexity index is 343. The highest BCUT2D eigenvalue weighted by Gasteiger charge is 2.24. The maximum Gasteiger partial charge on any atom is 0.168 e. The van der Waals surface area contributed by atoms with Crippen molar-refractivity contribution in [1.82, 2.24) is 4.98 Å². The Hall–Kier alpha value is 0.0569. The first-order valence-electron chi connectivity index (χ1n) is 5.47. The Balaban J connectivity index is 2.73. The molecule has 0 amide bonds. The third-order valence-corrected chi connectivity index (χ3v) is 4.66. The predicted molar refractivity (Wildman–Crippen MR) is 79.3 cm³/mol. The molecule has 0 aliphatic heterocycles. The van der Waals surface area contributed by atoms with Crippen LogP contribution in [0.2, 0.25) is 5.04 Å². The second-order valence-corrected chi connectivity index (χ2v) is 9.53. The van der Waals surface area contributed by atoms with Gasteiger partial charge in [-0.3, -0.25) is 0 Å². The summed E-state index contributed by atoms with van der Waals surface area (Å²) >= 11 is 2.22. The zero-order chi connectivity index (χ0) is 12.4. The third-order valence-electron chi connectivity index (χ3n) is 2.29. The Morgan fingerprint density at radius 1 is 1.19 bits per heavy atom. The molecule has 1 aromatic heterocycles. The van der Waals surface area contributed by atoms with E-state index in [1.54, 1.807) is 0 Å². The summed E-state index contributed by atoms with van der Waals surface area (Å²) in [6.45, 7) is 11.0. The molecule has 2 nitrogen and oxygen atoms in total. The number of pyridine rings is 1. The summed E-state index contributed by atoms with van der Waals surface area (Å²) < 4.78 is 7.13. The van der Waals surface area contributed by atoms with E-state index in [9.17, 15) is 0 Å². The first-order chi connectivity index (χ1) is 7.21. The average Bonchev–Trinajstić information content (AvgIpc) is 2.15. The summed E-state index contributed by atoms with van der Waals surface area (Å²) in [7, 11) is -0.538. The molecule has 0 atom stereocenters. The smallest absolute Gasteiger partial charge is 0.168 e. The van der Waals surface area contributed by atoms with Gasteiger partial charge in [0, 0.05) is 11.8 Å². The number of nitrogens with zero attached hydrogens (tertiary/aromatic N) is 1. The molecule has 0 N–H and O–H groups in total. The second kappa shape index (κ2) is 5.14. The van der Waals surface area contributed by atoms with Gasteiger partial charge in [-0.05, 0) is 47.5 Å². The molecule has 0 bridgehead atoms. The molecular weight excluding hydrogens is 329 g/mol. The lowest BCUT2D eigenvalue weighted by Gasteiger charge is -2.30. The van der Waals surface area contributed by atoms with Crippen LogP contribution in [0.25, 0.3) is 0 Å². The molecule has 4 heteroatoms. The zero-order valence-corrected chi connectivity index (χ0v) is 14.2. The first-order valence-corrected chi connectivity index (χ1v) is 7.83. The molecule has 0 fully saturated rings. The van der Waals surface area contributed by atoms with Crippen molar-refractivity contribution in [1.29, 1.82) is 0 Å². The molecule has 0 aliphatic rings. The van der Waals surface area contributed by atoms with E-state index >= 15 is 0 Å².